The summed E-state index contributed by atoms with van der Waals surface area (Å²) in [5.74, 6) is -0.0803. The Morgan fingerprint density at radius 1 is 1.37 bits per heavy atom. The molecular weight excluding hydrogens is 262 g/mol. The average Bonchev–Trinajstić information content (AvgIpc) is 2.93. The SMILES string of the molecule is COc1ccc(CNC(C(=O)O)c2ccsc2)cc1. The van der Waals surface area contributed by atoms with Gasteiger partial charge in [-0.15, -0.1) is 0 Å². The third kappa shape index (κ3) is 3.56. The van der Waals surface area contributed by atoms with Crippen molar-refractivity contribution in [1.29, 1.82) is 0 Å². The number of benzene rings is 1. The Morgan fingerprint density at radius 3 is 2.63 bits per heavy atom. The standard InChI is InChI=1S/C14H15NO3S/c1-18-12-4-2-10(3-5-12)8-15-13(14(16)17)11-6-7-19-9-11/h2-7,9,13,15H,8H2,1H3,(H,16,17). The highest BCUT2D eigenvalue weighted by Gasteiger charge is 2.19. The largest absolute Gasteiger partial charge is 0.497 e. The van der Waals surface area contributed by atoms with Gasteiger partial charge in [0, 0.05) is 6.54 Å². The molecule has 2 aromatic rings. The van der Waals surface area contributed by atoms with E-state index >= 15 is 0 Å². The van der Waals surface area contributed by atoms with Gasteiger partial charge in [0.2, 0.25) is 0 Å². The van der Waals surface area contributed by atoms with Crippen molar-refractivity contribution in [2.24, 2.45) is 0 Å². The number of carboxylic acids is 1. The zero-order chi connectivity index (χ0) is 13.7. The fourth-order valence-corrected chi connectivity index (χ4v) is 2.44. The molecule has 1 aromatic carbocycles. The van der Waals surface area contributed by atoms with Crippen LogP contribution < -0.4 is 10.1 Å². The molecule has 4 nitrogen and oxygen atoms in total. The average molecular weight is 277 g/mol. The number of carboxylic acid groups (broad SMARTS) is 1. The first-order valence-corrected chi connectivity index (χ1v) is 6.76. The van der Waals surface area contributed by atoms with Crippen molar-refractivity contribution in [3.05, 3.63) is 52.2 Å². The molecule has 0 fully saturated rings. The second kappa shape index (κ2) is 6.36. The summed E-state index contributed by atoms with van der Waals surface area (Å²) in [5, 5.41) is 16.0. The molecule has 0 radical (unpaired) electrons. The predicted molar refractivity (Wildman–Crippen MR) is 74.5 cm³/mol. The van der Waals surface area contributed by atoms with Gasteiger partial charge in [-0.1, -0.05) is 12.1 Å². The number of ether oxygens (including phenoxy) is 1. The first-order valence-electron chi connectivity index (χ1n) is 5.82. The monoisotopic (exact) mass is 277 g/mol. The lowest BCUT2D eigenvalue weighted by molar-refractivity contribution is -0.139. The zero-order valence-corrected chi connectivity index (χ0v) is 11.3. The van der Waals surface area contributed by atoms with Crippen LogP contribution in [0.5, 0.6) is 5.75 Å². The quantitative estimate of drug-likeness (QED) is 0.852. The Balaban J connectivity index is 2.00. The highest BCUT2D eigenvalue weighted by Crippen LogP contribution is 2.18. The van der Waals surface area contributed by atoms with Crippen LogP contribution in [0.25, 0.3) is 0 Å². The summed E-state index contributed by atoms with van der Waals surface area (Å²) in [7, 11) is 1.62. The zero-order valence-electron chi connectivity index (χ0n) is 10.5. The van der Waals surface area contributed by atoms with Crippen LogP contribution in [0.4, 0.5) is 0 Å². The topological polar surface area (TPSA) is 58.6 Å². The lowest BCUT2D eigenvalue weighted by Gasteiger charge is -2.13. The predicted octanol–water partition coefficient (Wildman–Crippen LogP) is 2.67. The lowest BCUT2D eigenvalue weighted by Crippen LogP contribution is -2.27. The Kier molecular flexibility index (Phi) is 4.54. The number of aliphatic carboxylic acids is 1. The molecular formula is C14H15NO3S. The maximum absolute atomic E-state index is 11.2. The van der Waals surface area contributed by atoms with Gasteiger partial charge in [0.1, 0.15) is 11.8 Å². The first kappa shape index (κ1) is 13.6. The van der Waals surface area contributed by atoms with Crippen molar-refractivity contribution < 1.29 is 14.6 Å². The molecule has 0 saturated carbocycles. The number of carbonyl (C=O) groups is 1. The Hall–Kier alpha value is -1.85. The van der Waals surface area contributed by atoms with Crippen LogP contribution in [-0.2, 0) is 11.3 Å². The van der Waals surface area contributed by atoms with E-state index in [1.165, 1.54) is 11.3 Å². The molecule has 2 N–H and O–H groups in total. The van der Waals surface area contributed by atoms with Gasteiger partial charge >= 0.3 is 5.97 Å². The molecule has 1 heterocycles. The van der Waals surface area contributed by atoms with Gasteiger partial charge in [-0.2, -0.15) is 11.3 Å². The summed E-state index contributed by atoms with van der Waals surface area (Å²) in [4.78, 5) is 11.2. The number of nitrogens with one attached hydrogen (secondary N) is 1. The third-order valence-electron chi connectivity index (χ3n) is 2.79. The summed E-state index contributed by atoms with van der Waals surface area (Å²) in [6, 6.07) is 8.70. The fourth-order valence-electron chi connectivity index (χ4n) is 1.75. The first-order chi connectivity index (χ1) is 9.20. The minimum atomic E-state index is -0.869. The van der Waals surface area contributed by atoms with Crippen molar-refractivity contribution in [2.45, 2.75) is 12.6 Å². The lowest BCUT2D eigenvalue weighted by atomic mass is 10.1. The minimum Gasteiger partial charge on any atom is -0.497 e. The van der Waals surface area contributed by atoms with Crippen molar-refractivity contribution in [3.63, 3.8) is 0 Å². The molecule has 0 bridgehead atoms. The van der Waals surface area contributed by atoms with Crippen LogP contribution >= 0.6 is 11.3 Å². The Morgan fingerprint density at radius 2 is 2.11 bits per heavy atom. The van der Waals surface area contributed by atoms with Gasteiger partial charge in [-0.05, 0) is 40.1 Å². The van der Waals surface area contributed by atoms with Gasteiger partial charge in [0.15, 0.2) is 0 Å². The molecule has 100 valence electrons. The van der Waals surface area contributed by atoms with Crippen LogP contribution in [0.15, 0.2) is 41.1 Å². The van der Waals surface area contributed by atoms with E-state index in [4.69, 9.17) is 4.74 Å². The van der Waals surface area contributed by atoms with Gasteiger partial charge < -0.3 is 9.84 Å². The Bertz CT molecular complexity index is 522. The van der Waals surface area contributed by atoms with E-state index in [2.05, 4.69) is 5.32 Å². The minimum absolute atomic E-state index is 0.497. The molecule has 0 aliphatic heterocycles. The third-order valence-corrected chi connectivity index (χ3v) is 3.49. The van der Waals surface area contributed by atoms with Gasteiger partial charge in [0.05, 0.1) is 7.11 Å². The van der Waals surface area contributed by atoms with Crippen LogP contribution in [-0.4, -0.2) is 18.2 Å². The molecule has 1 atom stereocenters. The molecule has 0 aliphatic carbocycles. The van der Waals surface area contributed by atoms with Gasteiger partial charge in [0.25, 0.3) is 0 Å². The molecule has 1 unspecified atom stereocenters. The second-order valence-corrected chi connectivity index (χ2v) is 4.84. The summed E-state index contributed by atoms with van der Waals surface area (Å²) in [6.45, 7) is 0.497. The summed E-state index contributed by atoms with van der Waals surface area (Å²) < 4.78 is 5.08. The molecule has 1 aromatic heterocycles. The molecule has 0 amide bonds. The molecule has 2 rings (SSSR count). The van der Waals surface area contributed by atoms with Crippen molar-refractivity contribution >= 4 is 17.3 Å². The smallest absolute Gasteiger partial charge is 0.325 e. The van der Waals surface area contributed by atoms with Crippen molar-refractivity contribution in [2.75, 3.05) is 7.11 Å². The number of methoxy groups -OCH3 is 1. The van der Waals surface area contributed by atoms with Crippen molar-refractivity contribution in [1.82, 2.24) is 5.32 Å². The van der Waals surface area contributed by atoms with Crippen LogP contribution in [0, 0.1) is 0 Å². The van der Waals surface area contributed by atoms with E-state index in [-0.39, 0.29) is 0 Å². The normalized spacial score (nSPS) is 12.1. The van der Waals surface area contributed by atoms with Crippen LogP contribution in [0.3, 0.4) is 0 Å². The van der Waals surface area contributed by atoms with Crippen molar-refractivity contribution in [3.8, 4) is 5.75 Å². The van der Waals surface area contributed by atoms with Gasteiger partial charge in [-0.25, -0.2) is 0 Å². The number of hydrogen-bond donors (Lipinski definition) is 2. The van der Waals surface area contributed by atoms with Crippen LogP contribution in [0.1, 0.15) is 17.2 Å². The summed E-state index contributed by atoms with van der Waals surface area (Å²) in [6.07, 6.45) is 0. The number of thiophene rings is 1. The Labute approximate surface area is 115 Å². The molecule has 0 aliphatic rings. The van der Waals surface area contributed by atoms with Crippen LogP contribution in [0.2, 0.25) is 0 Å². The highest BCUT2D eigenvalue weighted by molar-refractivity contribution is 7.08. The number of hydrogen-bond acceptors (Lipinski definition) is 4. The molecule has 19 heavy (non-hydrogen) atoms. The maximum Gasteiger partial charge on any atom is 0.325 e. The molecule has 0 saturated heterocycles. The highest BCUT2D eigenvalue weighted by atomic mass is 32.1. The summed E-state index contributed by atoms with van der Waals surface area (Å²) >= 11 is 1.49. The van der Waals surface area contributed by atoms with E-state index in [1.54, 1.807) is 7.11 Å². The second-order valence-electron chi connectivity index (χ2n) is 4.06. The molecule has 5 heteroatoms. The van der Waals surface area contributed by atoms with E-state index in [1.807, 2.05) is 41.1 Å². The van der Waals surface area contributed by atoms with Gasteiger partial charge in [-0.3, -0.25) is 10.1 Å². The van der Waals surface area contributed by atoms with E-state index in [0.717, 1.165) is 16.9 Å². The van der Waals surface area contributed by atoms with E-state index in [9.17, 15) is 9.90 Å². The molecule has 0 spiro atoms. The number of rotatable bonds is 6. The fraction of sp³-hybridized carbons (Fsp3) is 0.214. The summed E-state index contributed by atoms with van der Waals surface area (Å²) in [5.41, 5.74) is 1.80. The van der Waals surface area contributed by atoms with E-state index in [0.29, 0.717) is 6.54 Å². The van der Waals surface area contributed by atoms with E-state index < -0.39 is 12.0 Å². The maximum atomic E-state index is 11.2.